The topological polar surface area (TPSA) is 163 Å². The quantitative estimate of drug-likeness (QED) is 0.310. The van der Waals surface area contributed by atoms with E-state index in [1.807, 2.05) is 0 Å². The lowest BCUT2D eigenvalue weighted by atomic mass is 10.1. The molecule has 11 nitrogen and oxygen atoms in total. The minimum Gasteiger partial charge on any atom is -0.394 e. The summed E-state index contributed by atoms with van der Waals surface area (Å²) in [6.07, 6.45) is -3.42. The van der Waals surface area contributed by atoms with Crippen molar-refractivity contribution < 1.29 is 24.9 Å². The number of amidine groups is 1. The summed E-state index contributed by atoms with van der Waals surface area (Å²) in [6.45, 7) is -0.473. The second kappa shape index (κ2) is 5.07. The average molecular weight is 312 g/mol. The Morgan fingerprint density at radius 3 is 2.86 bits per heavy atom. The molecule has 1 unspecified atom stereocenters. The van der Waals surface area contributed by atoms with Crippen molar-refractivity contribution in [1.82, 2.24) is 15.5 Å². The summed E-state index contributed by atoms with van der Waals surface area (Å²) in [5, 5.41) is 41.6. The SMILES string of the molecule is CNC12N=CN([C@@H]3O[C@H](CO)[C@@H](O)[C@H]3O)C1=NC(=N)NC2=O. The van der Waals surface area contributed by atoms with E-state index in [2.05, 4.69) is 20.6 Å². The first-order valence-corrected chi connectivity index (χ1v) is 6.59. The van der Waals surface area contributed by atoms with E-state index in [1.165, 1.54) is 18.3 Å². The van der Waals surface area contributed by atoms with E-state index in [9.17, 15) is 15.0 Å². The summed E-state index contributed by atoms with van der Waals surface area (Å²) < 4.78 is 5.40. The number of fused-ring (bicyclic) bond motifs is 1. The monoisotopic (exact) mass is 312 g/mol. The fourth-order valence-corrected chi connectivity index (χ4v) is 2.66. The van der Waals surface area contributed by atoms with Gasteiger partial charge < -0.3 is 20.1 Å². The predicted molar refractivity (Wildman–Crippen MR) is 73.2 cm³/mol. The summed E-state index contributed by atoms with van der Waals surface area (Å²) in [5.74, 6) is -0.901. The molecule has 0 aromatic carbocycles. The van der Waals surface area contributed by atoms with Crippen LogP contribution in [0.1, 0.15) is 0 Å². The molecule has 0 aliphatic carbocycles. The highest BCUT2D eigenvalue weighted by molar-refractivity contribution is 6.26. The molecular formula is C11H16N6O5. The molecule has 0 radical (unpaired) electrons. The van der Waals surface area contributed by atoms with Crippen molar-refractivity contribution in [2.24, 2.45) is 9.98 Å². The van der Waals surface area contributed by atoms with Gasteiger partial charge in [-0.3, -0.25) is 25.7 Å². The van der Waals surface area contributed by atoms with E-state index < -0.39 is 42.7 Å². The molecule has 0 aromatic rings. The summed E-state index contributed by atoms with van der Waals surface area (Å²) in [5.41, 5.74) is -1.52. The number of likely N-dealkylation sites (N-methyl/N-ethyl adjacent to an activating group) is 1. The van der Waals surface area contributed by atoms with Gasteiger partial charge in [0.05, 0.1) is 12.9 Å². The zero-order valence-electron chi connectivity index (χ0n) is 11.6. The number of aliphatic hydroxyl groups is 3. The number of ether oxygens (including phenoxy) is 1. The number of nitrogens with one attached hydrogen (secondary N) is 3. The van der Waals surface area contributed by atoms with E-state index in [0.717, 1.165) is 0 Å². The number of carbonyl (C=O) groups excluding carboxylic acids is 1. The van der Waals surface area contributed by atoms with Gasteiger partial charge in [0.25, 0.3) is 5.91 Å². The lowest BCUT2D eigenvalue weighted by molar-refractivity contribution is -0.123. The molecule has 0 bridgehead atoms. The van der Waals surface area contributed by atoms with Crippen LogP contribution in [0.15, 0.2) is 9.98 Å². The first kappa shape index (κ1) is 15.0. The maximum Gasteiger partial charge on any atom is 0.277 e. The largest absolute Gasteiger partial charge is 0.394 e. The number of carbonyl (C=O) groups is 1. The summed E-state index contributed by atoms with van der Waals surface area (Å²) in [7, 11) is 1.50. The first-order chi connectivity index (χ1) is 10.4. The van der Waals surface area contributed by atoms with Crippen LogP contribution in [0.3, 0.4) is 0 Å². The van der Waals surface area contributed by atoms with Gasteiger partial charge in [-0.2, -0.15) is 4.99 Å². The number of nitrogens with zero attached hydrogens (tertiary/aromatic N) is 3. The Bertz CT molecular complexity index is 579. The molecule has 22 heavy (non-hydrogen) atoms. The molecule has 3 rings (SSSR count). The van der Waals surface area contributed by atoms with E-state index in [4.69, 9.17) is 15.3 Å². The minimum atomic E-state index is -1.52. The van der Waals surface area contributed by atoms with Crippen LogP contribution in [0.25, 0.3) is 0 Å². The van der Waals surface area contributed by atoms with Crippen LogP contribution in [0.2, 0.25) is 0 Å². The van der Waals surface area contributed by atoms with Crippen molar-refractivity contribution in [3.8, 4) is 0 Å². The number of amides is 1. The number of rotatable bonds is 3. The van der Waals surface area contributed by atoms with Gasteiger partial charge in [0.15, 0.2) is 12.1 Å². The maximum absolute atomic E-state index is 12.1. The molecule has 1 fully saturated rings. The van der Waals surface area contributed by atoms with Crippen molar-refractivity contribution in [3.05, 3.63) is 0 Å². The number of guanidine groups is 1. The third kappa shape index (κ3) is 1.87. The van der Waals surface area contributed by atoms with Gasteiger partial charge in [0.2, 0.25) is 11.6 Å². The van der Waals surface area contributed by atoms with Gasteiger partial charge in [-0.15, -0.1) is 0 Å². The molecule has 1 amide bonds. The third-order valence-corrected chi connectivity index (χ3v) is 3.88. The highest BCUT2D eigenvalue weighted by Crippen LogP contribution is 2.30. The van der Waals surface area contributed by atoms with E-state index in [1.54, 1.807) is 0 Å². The maximum atomic E-state index is 12.1. The highest BCUT2D eigenvalue weighted by Gasteiger charge is 2.56. The van der Waals surface area contributed by atoms with Crippen LogP contribution >= 0.6 is 0 Å². The van der Waals surface area contributed by atoms with Crippen LogP contribution in [0.5, 0.6) is 0 Å². The normalized spacial score (nSPS) is 40.7. The smallest absolute Gasteiger partial charge is 0.277 e. The van der Waals surface area contributed by atoms with E-state index in [0.29, 0.717) is 0 Å². The zero-order chi connectivity index (χ0) is 16.1. The molecule has 5 atom stereocenters. The van der Waals surface area contributed by atoms with Gasteiger partial charge in [-0.05, 0) is 7.05 Å². The fourth-order valence-electron chi connectivity index (χ4n) is 2.66. The Morgan fingerprint density at radius 1 is 1.55 bits per heavy atom. The van der Waals surface area contributed by atoms with Crippen LogP contribution in [0.4, 0.5) is 0 Å². The van der Waals surface area contributed by atoms with Crippen molar-refractivity contribution in [2.75, 3.05) is 13.7 Å². The third-order valence-electron chi connectivity index (χ3n) is 3.88. The molecule has 3 aliphatic heterocycles. The van der Waals surface area contributed by atoms with E-state index >= 15 is 0 Å². The Morgan fingerprint density at radius 2 is 2.27 bits per heavy atom. The lowest BCUT2D eigenvalue weighted by Crippen LogP contribution is -2.65. The van der Waals surface area contributed by atoms with Gasteiger partial charge in [0.1, 0.15) is 18.3 Å². The fraction of sp³-hybridized carbons (Fsp3) is 0.636. The van der Waals surface area contributed by atoms with Crippen LogP contribution < -0.4 is 10.6 Å². The standard InChI is InChI=1S/C11H16N6O5/c1-13-11-8(15-10(12)16-9(11)21)17(3-14-11)7-6(20)5(19)4(2-18)22-7/h3-7,13,18-20H,2H2,1H3,(H2,12,16,21)/t4-,5-,6-,7-,11?/m1/s1. The van der Waals surface area contributed by atoms with Crippen molar-refractivity contribution in [1.29, 1.82) is 5.41 Å². The van der Waals surface area contributed by atoms with Crippen molar-refractivity contribution in [2.45, 2.75) is 30.2 Å². The second-order valence-corrected chi connectivity index (χ2v) is 5.08. The molecule has 120 valence electrons. The molecule has 0 saturated carbocycles. The molecule has 6 N–H and O–H groups in total. The number of aliphatic imine (C=N–C) groups is 2. The molecule has 11 heteroatoms. The molecule has 0 spiro atoms. The summed E-state index contributed by atoms with van der Waals surface area (Å²) in [6, 6.07) is 0. The van der Waals surface area contributed by atoms with Crippen molar-refractivity contribution in [3.63, 3.8) is 0 Å². The second-order valence-electron chi connectivity index (χ2n) is 5.08. The summed E-state index contributed by atoms with van der Waals surface area (Å²) >= 11 is 0. The number of hydrogen-bond acceptors (Lipinski definition) is 9. The lowest BCUT2D eigenvalue weighted by Gasteiger charge is -2.33. The van der Waals surface area contributed by atoms with Crippen LogP contribution in [-0.2, 0) is 9.53 Å². The molecule has 0 aromatic heterocycles. The van der Waals surface area contributed by atoms with Gasteiger partial charge in [0, 0.05) is 0 Å². The number of hydrogen-bond donors (Lipinski definition) is 6. The zero-order valence-corrected chi connectivity index (χ0v) is 11.6. The Hall–Kier alpha value is -1.92. The van der Waals surface area contributed by atoms with E-state index in [-0.39, 0.29) is 11.8 Å². The number of aliphatic hydroxyl groups excluding tert-OH is 3. The Balaban J connectivity index is 1.96. The Labute approximate surface area is 124 Å². The van der Waals surface area contributed by atoms with Gasteiger partial charge in [-0.1, -0.05) is 0 Å². The van der Waals surface area contributed by atoms with Crippen molar-refractivity contribution >= 4 is 24.0 Å². The molecule has 1 saturated heterocycles. The average Bonchev–Trinajstić information content (AvgIpc) is 2.99. The van der Waals surface area contributed by atoms with Gasteiger partial charge in [-0.25, -0.2) is 4.99 Å². The Kier molecular flexibility index (Phi) is 3.45. The van der Waals surface area contributed by atoms with Crippen LogP contribution in [-0.4, -0.2) is 88.1 Å². The van der Waals surface area contributed by atoms with Gasteiger partial charge >= 0.3 is 0 Å². The highest BCUT2D eigenvalue weighted by atomic mass is 16.6. The molecule has 3 aliphatic rings. The predicted octanol–water partition coefficient (Wildman–Crippen LogP) is -3.85. The van der Waals surface area contributed by atoms with Crippen LogP contribution in [0, 0.1) is 5.41 Å². The molecule has 3 heterocycles. The summed E-state index contributed by atoms with van der Waals surface area (Å²) in [4.78, 5) is 21.4. The molecular weight excluding hydrogens is 296 g/mol. The minimum absolute atomic E-state index is 0.0542. The first-order valence-electron chi connectivity index (χ1n) is 6.59.